The average Bonchev–Trinajstić information content (AvgIpc) is 2.82. The first-order valence-electron chi connectivity index (χ1n) is 11.3. The Morgan fingerprint density at radius 2 is 1.38 bits per heavy atom. The van der Waals surface area contributed by atoms with Crippen LogP contribution in [0, 0.1) is 5.41 Å². The van der Waals surface area contributed by atoms with E-state index in [2.05, 4.69) is 19.1 Å². The van der Waals surface area contributed by atoms with Crippen LogP contribution in [-0.2, 0) is 9.59 Å². The van der Waals surface area contributed by atoms with Gasteiger partial charge in [0.1, 0.15) is 5.75 Å². The normalized spacial score (nSPS) is 12.4. The molecular weight excluding hydrogens is 424 g/mol. The molecule has 0 spiro atoms. The van der Waals surface area contributed by atoms with Crippen molar-refractivity contribution in [3.63, 3.8) is 0 Å². The molecule has 0 heterocycles. The summed E-state index contributed by atoms with van der Waals surface area (Å²) in [6, 6.07) is 25.7. The summed E-state index contributed by atoms with van der Waals surface area (Å²) in [6.45, 7) is 7.61. The van der Waals surface area contributed by atoms with E-state index in [4.69, 9.17) is 9.84 Å². The molecule has 0 saturated carbocycles. The SMILES string of the molecule is CCC(=C(c1ccc(C=CC(=O)O)cc1)c1ccc(OC(=O)C(C)(C)C)cc1)c1ccccc1. The molecule has 3 rings (SSSR count). The number of ether oxygens (including phenoxy) is 1. The molecule has 174 valence electrons. The number of hydrogen-bond donors (Lipinski definition) is 1. The van der Waals surface area contributed by atoms with Crippen molar-refractivity contribution in [2.45, 2.75) is 34.1 Å². The van der Waals surface area contributed by atoms with Crippen molar-refractivity contribution in [3.8, 4) is 5.75 Å². The third-order valence-electron chi connectivity index (χ3n) is 5.36. The van der Waals surface area contributed by atoms with Crippen LogP contribution in [0.2, 0.25) is 0 Å². The highest BCUT2D eigenvalue weighted by molar-refractivity contribution is 5.98. The molecule has 0 bridgehead atoms. The minimum atomic E-state index is -0.978. The molecule has 0 amide bonds. The van der Waals surface area contributed by atoms with Crippen LogP contribution in [0.3, 0.4) is 0 Å². The molecule has 0 aliphatic heterocycles. The van der Waals surface area contributed by atoms with Crippen molar-refractivity contribution >= 4 is 29.2 Å². The molecule has 3 aromatic carbocycles. The van der Waals surface area contributed by atoms with Crippen LogP contribution in [0.25, 0.3) is 17.2 Å². The summed E-state index contributed by atoms with van der Waals surface area (Å²) in [5, 5.41) is 8.89. The summed E-state index contributed by atoms with van der Waals surface area (Å²) >= 11 is 0. The number of hydrogen-bond acceptors (Lipinski definition) is 3. The Kier molecular flexibility index (Phi) is 7.85. The van der Waals surface area contributed by atoms with Crippen LogP contribution in [-0.4, -0.2) is 17.0 Å². The lowest BCUT2D eigenvalue weighted by Gasteiger charge is -2.18. The van der Waals surface area contributed by atoms with Crippen molar-refractivity contribution < 1.29 is 19.4 Å². The van der Waals surface area contributed by atoms with E-state index in [9.17, 15) is 9.59 Å². The molecule has 1 N–H and O–H groups in total. The smallest absolute Gasteiger partial charge is 0.328 e. The van der Waals surface area contributed by atoms with E-state index in [1.165, 1.54) is 5.57 Å². The number of aliphatic carboxylic acids is 1. The molecule has 0 aromatic heterocycles. The van der Waals surface area contributed by atoms with E-state index >= 15 is 0 Å². The van der Waals surface area contributed by atoms with Crippen molar-refractivity contribution in [3.05, 3.63) is 107 Å². The van der Waals surface area contributed by atoms with Gasteiger partial charge < -0.3 is 9.84 Å². The zero-order valence-corrected chi connectivity index (χ0v) is 20.0. The number of carboxylic acids is 1. The average molecular weight is 455 g/mol. The third kappa shape index (κ3) is 6.32. The van der Waals surface area contributed by atoms with Crippen LogP contribution < -0.4 is 4.74 Å². The fourth-order valence-electron chi connectivity index (χ4n) is 3.56. The third-order valence-corrected chi connectivity index (χ3v) is 5.36. The van der Waals surface area contributed by atoms with Gasteiger partial charge in [-0.2, -0.15) is 0 Å². The topological polar surface area (TPSA) is 63.6 Å². The zero-order valence-electron chi connectivity index (χ0n) is 20.0. The fraction of sp³-hybridized carbons (Fsp3) is 0.200. The van der Waals surface area contributed by atoms with E-state index in [0.717, 1.165) is 40.3 Å². The van der Waals surface area contributed by atoms with Gasteiger partial charge in [0.05, 0.1) is 5.41 Å². The predicted molar refractivity (Wildman–Crippen MR) is 137 cm³/mol. The van der Waals surface area contributed by atoms with Gasteiger partial charge in [0.25, 0.3) is 0 Å². The molecule has 0 fully saturated rings. The number of carbonyl (C=O) groups is 2. The summed E-state index contributed by atoms with van der Waals surface area (Å²) in [4.78, 5) is 23.1. The highest BCUT2D eigenvalue weighted by Gasteiger charge is 2.23. The number of rotatable bonds is 7. The molecule has 0 aliphatic rings. The Bertz CT molecular complexity index is 1190. The van der Waals surface area contributed by atoms with Gasteiger partial charge in [-0.15, -0.1) is 0 Å². The van der Waals surface area contributed by atoms with Gasteiger partial charge in [-0.1, -0.05) is 73.7 Å². The Morgan fingerprint density at radius 1 is 0.824 bits per heavy atom. The number of esters is 1. The van der Waals surface area contributed by atoms with Gasteiger partial charge in [0.15, 0.2) is 0 Å². The lowest BCUT2D eigenvalue weighted by molar-refractivity contribution is -0.143. The summed E-state index contributed by atoms with van der Waals surface area (Å²) in [5.41, 5.74) is 5.66. The second-order valence-corrected chi connectivity index (χ2v) is 9.03. The Balaban J connectivity index is 2.07. The Labute approximate surface area is 201 Å². The first-order valence-corrected chi connectivity index (χ1v) is 11.3. The molecule has 0 saturated heterocycles. The molecular formula is C30H30O4. The summed E-state index contributed by atoms with van der Waals surface area (Å²) in [5.74, 6) is -0.747. The number of carbonyl (C=O) groups excluding carboxylic acids is 1. The van der Waals surface area contributed by atoms with Gasteiger partial charge >= 0.3 is 11.9 Å². The van der Waals surface area contributed by atoms with E-state index in [1.807, 2.05) is 87.5 Å². The number of carboxylic acid groups (broad SMARTS) is 1. The molecule has 0 aliphatic carbocycles. The van der Waals surface area contributed by atoms with Gasteiger partial charge in [-0.3, -0.25) is 4.79 Å². The number of allylic oxidation sites excluding steroid dienone is 1. The van der Waals surface area contributed by atoms with E-state index in [-0.39, 0.29) is 5.97 Å². The van der Waals surface area contributed by atoms with E-state index < -0.39 is 11.4 Å². The first-order chi connectivity index (χ1) is 16.2. The quantitative estimate of drug-likeness (QED) is 0.179. The number of benzene rings is 3. The van der Waals surface area contributed by atoms with Crippen LogP contribution in [0.1, 0.15) is 56.4 Å². The van der Waals surface area contributed by atoms with Crippen molar-refractivity contribution in [1.29, 1.82) is 0 Å². The molecule has 3 aromatic rings. The molecule has 0 atom stereocenters. The predicted octanol–water partition coefficient (Wildman–Crippen LogP) is 7.11. The van der Waals surface area contributed by atoms with E-state index in [1.54, 1.807) is 6.08 Å². The van der Waals surface area contributed by atoms with Gasteiger partial charge in [0.2, 0.25) is 0 Å². The molecule has 4 heteroatoms. The molecule has 0 unspecified atom stereocenters. The fourth-order valence-corrected chi connectivity index (χ4v) is 3.56. The van der Waals surface area contributed by atoms with Gasteiger partial charge in [-0.05, 0) is 78.8 Å². The van der Waals surface area contributed by atoms with Gasteiger partial charge in [0, 0.05) is 6.08 Å². The van der Waals surface area contributed by atoms with Crippen LogP contribution in [0.15, 0.2) is 84.9 Å². The Morgan fingerprint density at radius 3 is 1.88 bits per heavy atom. The van der Waals surface area contributed by atoms with Crippen molar-refractivity contribution in [2.75, 3.05) is 0 Å². The molecule has 34 heavy (non-hydrogen) atoms. The summed E-state index contributed by atoms with van der Waals surface area (Å²) in [6.07, 6.45) is 3.53. The maximum atomic E-state index is 12.3. The minimum Gasteiger partial charge on any atom is -0.478 e. The van der Waals surface area contributed by atoms with E-state index in [0.29, 0.717) is 5.75 Å². The Hall–Kier alpha value is -3.92. The summed E-state index contributed by atoms with van der Waals surface area (Å²) in [7, 11) is 0. The van der Waals surface area contributed by atoms with Crippen molar-refractivity contribution in [1.82, 2.24) is 0 Å². The maximum Gasteiger partial charge on any atom is 0.328 e. The first kappa shape index (κ1) is 24.7. The van der Waals surface area contributed by atoms with Crippen LogP contribution in [0.5, 0.6) is 5.75 Å². The highest BCUT2D eigenvalue weighted by atomic mass is 16.5. The van der Waals surface area contributed by atoms with Crippen LogP contribution in [0.4, 0.5) is 0 Å². The minimum absolute atomic E-state index is 0.278. The molecule has 4 nitrogen and oxygen atoms in total. The summed E-state index contributed by atoms with van der Waals surface area (Å²) < 4.78 is 5.54. The second-order valence-electron chi connectivity index (χ2n) is 9.03. The van der Waals surface area contributed by atoms with Gasteiger partial charge in [-0.25, -0.2) is 4.79 Å². The maximum absolute atomic E-state index is 12.3. The second kappa shape index (κ2) is 10.8. The zero-order chi connectivity index (χ0) is 24.7. The molecule has 0 radical (unpaired) electrons. The standard InChI is InChI=1S/C30H30O4/c1-5-26(22-9-7-6-8-10-22)28(23-14-11-21(12-15-23)13-20-27(31)32)24-16-18-25(19-17-24)34-29(33)30(2,3)4/h6-20H,5H2,1-4H3,(H,31,32). The van der Waals surface area contributed by atoms with Crippen LogP contribution >= 0.6 is 0 Å². The van der Waals surface area contributed by atoms with Crippen molar-refractivity contribution in [2.24, 2.45) is 5.41 Å². The largest absolute Gasteiger partial charge is 0.478 e. The monoisotopic (exact) mass is 454 g/mol. The highest BCUT2D eigenvalue weighted by Crippen LogP contribution is 2.35. The lowest BCUT2D eigenvalue weighted by Crippen LogP contribution is -2.25. The lowest BCUT2D eigenvalue weighted by atomic mass is 9.88.